The van der Waals surface area contributed by atoms with Crippen molar-refractivity contribution in [1.29, 1.82) is 0 Å². The van der Waals surface area contributed by atoms with E-state index in [1.807, 2.05) is 7.05 Å². The van der Waals surface area contributed by atoms with Crippen LogP contribution in [0.25, 0.3) is 0 Å². The van der Waals surface area contributed by atoms with Gasteiger partial charge in [0.15, 0.2) is 0 Å². The molecule has 0 spiro atoms. The quantitative estimate of drug-likeness (QED) is 0.677. The summed E-state index contributed by atoms with van der Waals surface area (Å²) in [6.07, 6.45) is 3.85. The Hall–Kier alpha value is -0.610. The smallest absolute Gasteiger partial charge is 0.308 e. The Bertz CT molecular complexity index is 208. The summed E-state index contributed by atoms with van der Waals surface area (Å²) in [7, 11) is 3.71. The van der Waals surface area contributed by atoms with Gasteiger partial charge in [-0.2, -0.15) is 0 Å². The highest BCUT2D eigenvalue weighted by atomic mass is 16.5. The molecule has 1 N–H and O–H groups in total. The van der Waals surface area contributed by atoms with E-state index in [0.717, 1.165) is 38.8 Å². The van der Waals surface area contributed by atoms with Crippen molar-refractivity contribution < 1.29 is 14.6 Å². The highest BCUT2D eigenvalue weighted by Gasteiger charge is 2.34. The van der Waals surface area contributed by atoms with Gasteiger partial charge in [-0.05, 0) is 26.3 Å². The number of rotatable bonds is 6. The Kier molecular flexibility index (Phi) is 5.05. The average molecular weight is 215 g/mol. The lowest BCUT2D eigenvalue weighted by atomic mass is 10.0. The first-order valence-corrected chi connectivity index (χ1v) is 5.58. The van der Waals surface area contributed by atoms with E-state index < -0.39 is 5.97 Å². The highest BCUT2D eigenvalue weighted by molar-refractivity contribution is 5.71. The van der Waals surface area contributed by atoms with E-state index >= 15 is 0 Å². The van der Waals surface area contributed by atoms with Gasteiger partial charge in [0.1, 0.15) is 0 Å². The summed E-state index contributed by atoms with van der Waals surface area (Å²) in [6, 6.07) is 0.222. The van der Waals surface area contributed by atoms with Gasteiger partial charge in [-0.3, -0.25) is 4.79 Å². The Balaban J connectivity index is 2.36. The van der Waals surface area contributed by atoms with Gasteiger partial charge < -0.3 is 14.7 Å². The Morgan fingerprint density at radius 2 is 2.27 bits per heavy atom. The molecule has 0 radical (unpaired) electrons. The van der Waals surface area contributed by atoms with Crippen LogP contribution in [0.1, 0.15) is 25.7 Å². The van der Waals surface area contributed by atoms with Crippen LogP contribution in [-0.4, -0.2) is 49.3 Å². The number of hydrogen-bond acceptors (Lipinski definition) is 3. The largest absolute Gasteiger partial charge is 0.481 e. The van der Waals surface area contributed by atoms with Crippen LogP contribution in [0.15, 0.2) is 0 Å². The maximum atomic E-state index is 11.0. The first-order valence-electron chi connectivity index (χ1n) is 5.58. The fraction of sp³-hybridized carbons (Fsp3) is 0.909. The molecule has 1 aliphatic rings. The molecule has 0 aromatic carbocycles. The van der Waals surface area contributed by atoms with Crippen molar-refractivity contribution in [3.8, 4) is 0 Å². The molecule has 0 saturated heterocycles. The average Bonchev–Trinajstić information content (AvgIpc) is 2.66. The van der Waals surface area contributed by atoms with Crippen LogP contribution in [0.4, 0.5) is 0 Å². The Morgan fingerprint density at radius 1 is 1.53 bits per heavy atom. The molecular weight excluding hydrogens is 194 g/mol. The first-order chi connectivity index (χ1) is 7.16. The number of carboxylic acid groups (broad SMARTS) is 1. The minimum atomic E-state index is -0.643. The molecule has 0 aromatic rings. The molecule has 1 fully saturated rings. The van der Waals surface area contributed by atoms with Crippen molar-refractivity contribution in [3.63, 3.8) is 0 Å². The van der Waals surface area contributed by atoms with Gasteiger partial charge in [-0.25, -0.2) is 0 Å². The summed E-state index contributed by atoms with van der Waals surface area (Å²) in [6.45, 7) is 1.66. The number of carboxylic acids is 1. The summed E-state index contributed by atoms with van der Waals surface area (Å²) in [5.74, 6) is -0.811. The molecule has 2 unspecified atom stereocenters. The van der Waals surface area contributed by atoms with Crippen LogP contribution < -0.4 is 0 Å². The fourth-order valence-corrected chi connectivity index (χ4v) is 2.38. The topological polar surface area (TPSA) is 49.8 Å². The molecule has 88 valence electrons. The SMILES string of the molecule is COCCCN(C)C1CCCC1C(=O)O. The van der Waals surface area contributed by atoms with Crippen LogP contribution in [0.3, 0.4) is 0 Å². The van der Waals surface area contributed by atoms with Crippen LogP contribution in [0, 0.1) is 5.92 Å². The monoisotopic (exact) mass is 215 g/mol. The van der Waals surface area contributed by atoms with E-state index in [2.05, 4.69) is 4.90 Å². The van der Waals surface area contributed by atoms with Gasteiger partial charge in [0, 0.05) is 26.3 Å². The minimum absolute atomic E-state index is 0.169. The first kappa shape index (κ1) is 12.5. The lowest BCUT2D eigenvalue weighted by Gasteiger charge is -2.27. The van der Waals surface area contributed by atoms with Gasteiger partial charge in [0.05, 0.1) is 5.92 Å². The Morgan fingerprint density at radius 3 is 2.87 bits per heavy atom. The predicted octanol–water partition coefficient (Wildman–Crippen LogP) is 1.21. The van der Waals surface area contributed by atoms with Crippen molar-refractivity contribution in [3.05, 3.63) is 0 Å². The molecule has 1 aliphatic carbocycles. The second kappa shape index (κ2) is 6.08. The third-order valence-electron chi connectivity index (χ3n) is 3.22. The van der Waals surface area contributed by atoms with Crippen molar-refractivity contribution in [2.24, 2.45) is 5.92 Å². The summed E-state index contributed by atoms with van der Waals surface area (Å²) in [5, 5.41) is 9.05. The van der Waals surface area contributed by atoms with E-state index in [9.17, 15) is 4.79 Å². The molecule has 0 bridgehead atoms. The molecule has 0 heterocycles. The van der Waals surface area contributed by atoms with Crippen molar-refractivity contribution >= 4 is 5.97 Å². The standard InChI is InChI=1S/C11H21NO3/c1-12(7-4-8-15-2)10-6-3-5-9(10)11(13)14/h9-10H,3-8H2,1-2H3,(H,13,14). The summed E-state index contributed by atoms with van der Waals surface area (Å²) < 4.78 is 4.99. The van der Waals surface area contributed by atoms with E-state index in [1.54, 1.807) is 7.11 Å². The zero-order valence-electron chi connectivity index (χ0n) is 9.61. The van der Waals surface area contributed by atoms with Crippen LogP contribution in [0.5, 0.6) is 0 Å². The van der Waals surface area contributed by atoms with Crippen molar-refractivity contribution in [2.45, 2.75) is 31.7 Å². The Labute approximate surface area is 91.2 Å². The van der Waals surface area contributed by atoms with Crippen LogP contribution in [-0.2, 0) is 9.53 Å². The zero-order valence-corrected chi connectivity index (χ0v) is 9.61. The zero-order chi connectivity index (χ0) is 11.3. The van der Waals surface area contributed by atoms with Crippen molar-refractivity contribution in [1.82, 2.24) is 4.90 Å². The number of nitrogens with zero attached hydrogens (tertiary/aromatic N) is 1. The third-order valence-corrected chi connectivity index (χ3v) is 3.22. The molecule has 1 rings (SSSR count). The van der Waals surface area contributed by atoms with Gasteiger partial charge in [0.25, 0.3) is 0 Å². The number of carbonyl (C=O) groups is 1. The van der Waals surface area contributed by atoms with E-state index in [1.165, 1.54) is 0 Å². The van der Waals surface area contributed by atoms with Gasteiger partial charge in [-0.15, -0.1) is 0 Å². The minimum Gasteiger partial charge on any atom is -0.481 e. The van der Waals surface area contributed by atoms with E-state index in [4.69, 9.17) is 9.84 Å². The third kappa shape index (κ3) is 3.47. The predicted molar refractivity (Wildman–Crippen MR) is 57.9 cm³/mol. The number of aliphatic carboxylic acids is 1. The maximum Gasteiger partial charge on any atom is 0.308 e. The molecule has 4 heteroatoms. The normalized spacial score (nSPS) is 26.1. The van der Waals surface area contributed by atoms with E-state index in [-0.39, 0.29) is 12.0 Å². The van der Waals surface area contributed by atoms with Crippen molar-refractivity contribution in [2.75, 3.05) is 27.3 Å². The molecule has 0 aliphatic heterocycles. The van der Waals surface area contributed by atoms with Crippen LogP contribution >= 0.6 is 0 Å². The van der Waals surface area contributed by atoms with Gasteiger partial charge in [0.2, 0.25) is 0 Å². The molecule has 1 saturated carbocycles. The summed E-state index contributed by atoms with van der Waals surface area (Å²) in [4.78, 5) is 13.2. The van der Waals surface area contributed by atoms with E-state index in [0.29, 0.717) is 0 Å². The molecule has 0 aromatic heterocycles. The summed E-state index contributed by atoms with van der Waals surface area (Å²) in [5.41, 5.74) is 0. The maximum absolute atomic E-state index is 11.0. The number of ether oxygens (including phenoxy) is 1. The number of hydrogen-bond donors (Lipinski definition) is 1. The fourth-order valence-electron chi connectivity index (χ4n) is 2.38. The number of methoxy groups -OCH3 is 1. The second-order valence-electron chi connectivity index (χ2n) is 4.27. The van der Waals surface area contributed by atoms with Gasteiger partial charge in [-0.1, -0.05) is 6.42 Å². The second-order valence-corrected chi connectivity index (χ2v) is 4.27. The molecule has 2 atom stereocenters. The van der Waals surface area contributed by atoms with Crippen LogP contribution in [0.2, 0.25) is 0 Å². The molecule has 0 amide bonds. The highest BCUT2D eigenvalue weighted by Crippen LogP contribution is 2.29. The lowest BCUT2D eigenvalue weighted by Crippen LogP contribution is -2.38. The van der Waals surface area contributed by atoms with Gasteiger partial charge >= 0.3 is 5.97 Å². The lowest BCUT2D eigenvalue weighted by molar-refractivity contribution is -0.143. The summed E-state index contributed by atoms with van der Waals surface area (Å²) >= 11 is 0. The molecule has 15 heavy (non-hydrogen) atoms. The molecular formula is C11H21NO3. The molecule has 4 nitrogen and oxygen atoms in total.